The number of allylic oxidation sites excluding steroid dienone is 2. The van der Waals surface area contributed by atoms with Gasteiger partial charge in [-0.15, -0.1) is 0 Å². The van der Waals surface area contributed by atoms with Crippen LogP contribution in [0, 0.1) is 5.92 Å². The Labute approximate surface area is 159 Å². The fourth-order valence-electron chi connectivity index (χ4n) is 5.08. The Morgan fingerprint density at radius 1 is 0.600 bits per heavy atom. The summed E-state index contributed by atoms with van der Waals surface area (Å²) in [7, 11) is 0. The second kappa shape index (κ2) is 13.9. The van der Waals surface area contributed by atoms with Gasteiger partial charge in [-0.2, -0.15) is 0 Å². The normalized spacial score (nSPS) is 19.3. The van der Waals surface area contributed by atoms with Crippen LogP contribution >= 0.6 is 0 Å². The molecule has 0 nitrogen and oxygen atoms in total. The lowest BCUT2D eigenvalue weighted by Gasteiger charge is -2.11. The predicted molar refractivity (Wildman–Crippen MR) is 113 cm³/mol. The average Bonchev–Trinajstić information content (AvgIpc) is 3.24. The van der Waals surface area contributed by atoms with E-state index >= 15 is 0 Å². The highest BCUT2D eigenvalue weighted by Gasteiger charge is 2.29. The molecule has 0 saturated heterocycles. The van der Waals surface area contributed by atoms with E-state index in [-0.39, 0.29) is 0 Å². The smallest absolute Gasteiger partial charge is 0.0286 e. The first kappa shape index (κ1) is 21.0. The van der Waals surface area contributed by atoms with E-state index in [0.717, 1.165) is 5.92 Å². The van der Waals surface area contributed by atoms with Crippen LogP contribution in [-0.4, -0.2) is 0 Å². The summed E-state index contributed by atoms with van der Waals surface area (Å²) in [6.07, 6.45) is 31.0. The van der Waals surface area contributed by atoms with Crippen LogP contribution in [0.1, 0.15) is 142 Å². The summed E-state index contributed by atoms with van der Waals surface area (Å²) in [5, 5.41) is 0. The summed E-state index contributed by atoms with van der Waals surface area (Å²) >= 11 is 0. The molecule has 0 heterocycles. The number of hydrogen-bond acceptors (Lipinski definition) is 0. The third-order valence-corrected chi connectivity index (χ3v) is 6.76. The van der Waals surface area contributed by atoms with Gasteiger partial charge in [0.25, 0.3) is 0 Å². The SMILES string of the molecule is CCCCCCCCCCCCCCCCCCC1=C2CCC(C1)C2. The van der Waals surface area contributed by atoms with Crippen LogP contribution in [0.3, 0.4) is 0 Å². The maximum Gasteiger partial charge on any atom is -0.0286 e. The summed E-state index contributed by atoms with van der Waals surface area (Å²) in [6.45, 7) is 2.30. The summed E-state index contributed by atoms with van der Waals surface area (Å²) < 4.78 is 0. The predicted octanol–water partition coefficient (Wildman–Crippen LogP) is 9.14. The Morgan fingerprint density at radius 2 is 1.08 bits per heavy atom. The molecule has 2 aliphatic carbocycles. The van der Waals surface area contributed by atoms with Crippen molar-refractivity contribution in [2.24, 2.45) is 5.92 Å². The molecule has 0 amide bonds. The topological polar surface area (TPSA) is 0 Å². The van der Waals surface area contributed by atoms with Gasteiger partial charge in [0.2, 0.25) is 0 Å². The molecule has 0 radical (unpaired) electrons. The lowest BCUT2D eigenvalue weighted by atomic mass is 9.95. The van der Waals surface area contributed by atoms with Gasteiger partial charge in [-0.05, 0) is 44.4 Å². The number of rotatable bonds is 17. The molecule has 1 fully saturated rings. The maximum atomic E-state index is 2.30. The highest BCUT2D eigenvalue weighted by Crippen LogP contribution is 2.45. The van der Waals surface area contributed by atoms with Crippen LogP contribution in [-0.2, 0) is 0 Å². The van der Waals surface area contributed by atoms with Gasteiger partial charge in [-0.3, -0.25) is 0 Å². The van der Waals surface area contributed by atoms with Gasteiger partial charge in [-0.25, -0.2) is 0 Å². The quantitative estimate of drug-likeness (QED) is 0.182. The van der Waals surface area contributed by atoms with Crippen LogP contribution in [0.4, 0.5) is 0 Å². The van der Waals surface area contributed by atoms with Crippen LogP contribution in [0.25, 0.3) is 0 Å². The summed E-state index contributed by atoms with van der Waals surface area (Å²) in [6, 6.07) is 0. The van der Waals surface area contributed by atoms with Gasteiger partial charge < -0.3 is 0 Å². The van der Waals surface area contributed by atoms with Gasteiger partial charge in [0.15, 0.2) is 0 Å². The molecule has 0 aromatic carbocycles. The number of hydrogen-bond donors (Lipinski definition) is 0. The Hall–Kier alpha value is -0.260. The number of fused-ring (bicyclic) bond motifs is 2. The fourth-order valence-corrected chi connectivity index (χ4v) is 5.08. The first-order valence-electron chi connectivity index (χ1n) is 12.1. The molecule has 0 aromatic rings. The number of unbranched alkanes of at least 4 members (excludes halogenated alkanes) is 15. The first-order chi connectivity index (χ1) is 12.4. The molecule has 1 saturated carbocycles. The standard InChI is InChI=1S/C25H46/c1-2-3-4-5-6-7-8-9-10-11-12-13-14-15-16-17-18-24-21-23-19-20-25(24)22-23/h23H,2-22H2,1H3. The van der Waals surface area contributed by atoms with Crippen molar-refractivity contribution in [1.29, 1.82) is 0 Å². The van der Waals surface area contributed by atoms with E-state index < -0.39 is 0 Å². The molecule has 25 heavy (non-hydrogen) atoms. The minimum Gasteiger partial charge on any atom is -0.0707 e. The molecule has 1 unspecified atom stereocenters. The van der Waals surface area contributed by atoms with E-state index in [1.165, 1.54) is 135 Å². The molecule has 0 aromatic heterocycles. The Morgan fingerprint density at radius 3 is 1.48 bits per heavy atom. The van der Waals surface area contributed by atoms with Crippen LogP contribution < -0.4 is 0 Å². The van der Waals surface area contributed by atoms with Crippen molar-refractivity contribution in [2.45, 2.75) is 142 Å². The van der Waals surface area contributed by atoms with Crippen molar-refractivity contribution in [3.63, 3.8) is 0 Å². The van der Waals surface area contributed by atoms with Crippen LogP contribution in [0.15, 0.2) is 11.1 Å². The molecule has 146 valence electrons. The van der Waals surface area contributed by atoms with E-state index in [1.54, 1.807) is 0 Å². The summed E-state index contributed by atoms with van der Waals surface area (Å²) in [5.41, 5.74) is 3.77. The van der Waals surface area contributed by atoms with E-state index in [2.05, 4.69) is 6.92 Å². The highest BCUT2D eigenvalue weighted by atomic mass is 14.3. The van der Waals surface area contributed by atoms with E-state index in [1.807, 2.05) is 11.1 Å². The molecule has 2 rings (SSSR count). The zero-order valence-corrected chi connectivity index (χ0v) is 17.4. The fraction of sp³-hybridized carbons (Fsp3) is 0.920. The molecule has 2 aliphatic rings. The van der Waals surface area contributed by atoms with Crippen LogP contribution in [0.2, 0.25) is 0 Å². The molecule has 1 atom stereocenters. The second-order valence-corrected chi connectivity index (χ2v) is 9.07. The van der Waals surface area contributed by atoms with E-state index in [9.17, 15) is 0 Å². The minimum absolute atomic E-state index is 1.08. The van der Waals surface area contributed by atoms with Crippen molar-refractivity contribution < 1.29 is 0 Å². The average molecular weight is 347 g/mol. The molecule has 0 heteroatoms. The van der Waals surface area contributed by atoms with Crippen molar-refractivity contribution in [1.82, 2.24) is 0 Å². The Kier molecular flexibility index (Phi) is 11.7. The van der Waals surface area contributed by atoms with Gasteiger partial charge in [-0.1, -0.05) is 114 Å². The van der Waals surface area contributed by atoms with Crippen LogP contribution in [0.5, 0.6) is 0 Å². The molecule has 2 bridgehead atoms. The van der Waals surface area contributed by atoms with E-state index in [4.69, 9.17) is 0 Å². The summed E-state index contributed by atoms with van der Waals surface area (Å²) in [4.78, 5) is 0. The van der Waals surface area contributed by atoms with E-state index in [0.29, 0.717) is 0 Å². The Bertz CT molecular complexity index is 351. The van der Waals surface area contributed by atoms with Crippen molar-refractivity contribution >= 4 is 0 Å². The molecule has 0 aliphatic heterocycles. The van der Waals surface area contributed by atoms with Crippen molar-refractivity contribution in [2.75, 3.05) is 0 Å². The molecular formula is C25H46. The largest absolute Gasteiger partial charge is 0.0707 e. The first-order valence-corrected chi connectivity index (χ1v) is 12.1. The molecule has 0 N–H and O–H groups in total. The maximum absolute atomic E-state index is 2.30. The monoisotopic (exact) mass is 346 g/mol. The highest BCUT2D eigenvalue weighted by molar-refractivity contribution is 5.25. The van der Waals surface area contributed by atoms with Gasteiger partial charge in [0.1, 0.15) is 0 Å². The van der Waals surface area contributed by atoms with Gasteiger partial charge >= 0.3 is 0 Å². The zero-order valence-electron chi connectivity index (χ0n) is 17.4. The molecular weight excluding hydrogens is 300 g/mol. The Balaban J connectivity index is 1.24. The third-order valence-electron chi connectivity index (χ3n) is 6.76. The van der Waals surface area contributed by atoms with Crippen molar-refractivity contribution in [3.05, 3.63) is 11.1 Å². The second-order valence-electron chi connectivity index (χ2n) is 9.07. The molecule has 0 spiro atoms. The summed E-state index contributed by atoms with van der Waals surface area (Å²) in [5.74, 6) is 1.08. The van der Waals surface area contributed by atoms with Gasteiger partial charge in [0.05, 0.1) is 0 Å². The lowest BCUT2D eigenvalue weighted by Crippen LogP contribution is -1.94. The third kappa shape index (κ3) is 9.30. The zero-order chi connectivity index (χ0) is 17.6. The lowest BCUT2D eigenvalue weighted by molar-refractivity contribution is 0.524. The van der Waals surface area contributed by atoms with Gasteiger partial charge in [0, 0.05) is 0 Å². The van der Waals surface area contributed by atoms with Crippen molar-refractivity contribution in [3.8, 4) is 0 Å². The minimum atomic E-state index is 1.08.